The van der Waals surface area contributed by atoms with Crippen molar-refractivity contribution in [3.63, 3.8) is 0 Å². The molecule has 3 rings (SSSR count). The highest BCUT2D eigenvalue weighted by Crippen LogP contribution is 2.16. The highest BCUT2D eigenvalue weighted by molar-refractivity contribution is 7.98. The van der Waals surface area contributed by atoms with Gasteiger partial charge in [-0.05, 0) is 35.6 Å². The molecule has 34 heavy (non-hydrogen) atoms. The van der Waals surface area contributed by atoms with Gasteiger partial charge in [0.15, 0.2) is 0 Å². The summed E-state index contributed by atoms with van der Waals surface area (Å²) in [6.07, 6.45) is 5.51. The molecule has 0 spiro atoms. The highest BCUT2D eigenvalue weighted by atomic mass is 32.2. The smallest absolute Gasteiger partial charge is 0.245 e. The van der Waals surface area contributed by atoms with Gasteiger partial charge in [0.05, 0.1) is 19.3 Å². The number of carbonyl (C=O) groups is 3. The standard InChI is InChI=1S/C25H32N4O4S/c1-19(30)27-23(10-12-34-2)25(32)29-16-22(33-18-21-9-6-11-26-13-21)15-28(24(31)17-29)14-20-7-4-3-5-8-20/h3-9,11,13,22-23H,10,12,14-18H2,1-2H3,(H,27,30)/t22?,23-/m0/s1. The van der Waals surface area contributed by atoms with Gasteiger partial charge in [-0.3, -0.25) is 19.4 Å². The van der Waals surface area contributed by atoms with Crippen molar-refractivity contribution in [2.24, 2.45) is 0 Å². The van der Waals surface area contributed by atoms with Crippen LogP contribution in [0, 0.1) is 0 Å². The number of pyridine rings is 1. The quantitative estimate of drug-likeness (QED) is 0.555. The Morgan fingerprint density at radius 1 is 1.18 bits per heavy atom. The first-order valence-electron chi connectivity index (χ1n) is 11.3. The van der Waals surface area contributed by atoms with E-state index in [0.717, 1.165) is 16.9 Å². The Balaban J connectivity index is 1.78. The Bertz CT molecular complexity index is 944. The largest absolute Gasteiger partial charge is 0.370 e. The molecule has 1 N–H and O–H groups in total. The summed E-state index contributed by atoms with van der Waals surface area (Å²) in [6, 6.07) is 12.9. The molecule has 2 heterocycles. The van der Waals surface area contributed by atoms with Crippen molar-refractivity contribution >= 4 is 29.5 Å². The summed E-state index contributed by atoms with van der Waals surface area (Å²) in [4.78, 5) is 45.7. The topological polar surface area (TPSA) is 91.8 Å². The number of ether oxygens (including phenoxy) is 1. The fraction of sp³-hybridized carbons (Fsp3) is 0.440. The van der Waals surface area contributed by atoms with Gasteiger partial charge in [-0.1, -0.05) is 36.4 Å². The maximum atomic E-state index is 13.4. The van der Waals surface area contributed by atoms with Crippen LogP contribution in [0.4, 0.5) is 0 Å². The second-order valence-corrected chi connectivity index (χ2v) is 9.29. The number of carbonyl (C=O) groups excluding carboxylic acids is 3. The second-order valence-electron chi connectivity index (χ2n) is 8.31. The molecule has 182 valence electrons. The fourth-order valence-corrected chi connectivity index (χ4v) is 4.34. The molecule has 8 nitrogen and oxygen atoms in total. The minimum atomic E-state index is -0.669. The molecule has 1 saturated heterocycles. The first-order valence-corrected chi connectivity index (χ1v) is 12.7. The number of hydrogen-bond donors (Lipinski definition) is 1. The lowest BCUT2D eigenvalue weighted by Gasteiger charge is -2.28. The lowest BCUT2D eigenvalue weighted by Crippen LogP contribution is -2.51. The van der Waals surface area contributed by atoms with Crippen LogP contribution in [0.5, 0.6) is 0 Å². The van der Waals surface area contributed by atoms with Crippen LogP contribution in [0.2, 0.25) is 0 Å². The number of hydrogen-bond acceptors (Lipinski definition) is 6. The number of thioether (sulfide) groups is 1. The first kappa shape index (κ1) is 25.7. The third kappa shape index (κ3) is 7.85. The van der Waals surface area contributed by atoms with Crippen LogP contribution < -0.4 is 5.32 Å². The molecule has 2 aromatic rings. The molecular formula is C25H32N4O4S. The van der Waals surface area contributed by atoms with Gasteiger partial charge in [0.25, 0.3) is 0 Å². The lowest BCUT2D eigenvalue weighted by atomic mass is 10.1. The molecule has 1 aliphatic heterocycles. The van der Waals surface area contributed by atoms with Gasteiger partial charge in [-0.25, -0.2) is 0 Å². The Kier molecular flexibility index (Phi) is 9.90. The van der Waals surface area contributed by atoms with E-state index in [0.29, 0.717) is 26.1 Å². The zero-order valence-corrected chi connectivity index (χ0v) is 20.5. The first-order chi connectivity index (χ1) is 16.5. The van der Waals surface area contributed by atoms with E-state index in [4.69, 9.17) is 4.74 Å². The molecule has 1 fully saturated rings. The van der Waals surface area contributed by atoms with Crippen molar-refractivity contribution in [1.82, 2.24) is 20.1 Å². The molecule has 1 unspecified atom stereocenters. The van der Waals surface area contributed by atoms with E-state index in [1.54, 1.807) is 29.1 Å². The minimum absolute atomic E-state index is 0.0478. The minimum Gasteiger partial charge on any atom is -0.370 e. The Labute approximate surface area is 205 Å². The van der Waals surface area contributed by atoms with Crippen molar-refractivity contribution in [3.8, 4) is 0 Å². The van der Waals surface area contributed by atoms with Gasteiger partial charge in [0.1, 0.15) is 6.04 Å². The third-order valence-electron chi connectivity index (χ3n) is 5.55. The summed E-state index contributed by atoms with van der Waals surface area (Å²) < 4.78 is 6.17. The van der Waals surface area contributed by atoms with E-state index < -0.39 is 6.04 Å². The van der Waals surface area contributed by atoms with Crippen LogP contribution in [-0.4, -0.2) is 76.3 Å². The van der Waals surface area contributed by atoms with Gasteiger partial charge in [0.2, 0.25) is 17.7 Å². The summed E-state index contributed by atoms with van der Waals surface area (Å²) in [7, 11) is 0. The predicted octanol–water partition coefficient (Wildman–Crippen LogP) is 2.10. The van der Waals surface area contributed by atoms with E-state index in [1.807, 2.05) is 48.7 Å². The maximum absolute atomic E-state index is 13.4. The number of nitrogens with zero attached hydrogens (tertiary/aromatic N) is 3. The number of benzene rings is 1. The van der Waals surface area contributed by atoms with E-state index in [2.05, 4.69) is 10.3 Å². The molecule has 3 amide bonds. The Morgan fingerprint density at radius 3 is 2.62 bits per heavy atom. The van der Waals surface area contributed by atoms with Gasteiger partial charge in [0, 0.05) is 39.0 Å². The molecule has 0 aliphatic carbocycles. The second kappa shape index (κ2) is 13.1. The van der Waals surface area contributed by atoms with E-state index >= 15 is 0 Å². The normalized spacial score (nSPS) is 17.2. The SMILES string of the molecule is CSCC[C@H](NC(C)=O)C(=O)N1CC(=O)N(Cc2ccccc2)CC(OCc2cccnc2)C1. The van der Waals surface area contributed by atoms with Crippen LogP contribution in [0.3, 0.4) is 0 Å². The fourth-order valence-electron chi connectivity index (χ4n) is 3.87. The predicted molar refractivity (Wildman–Crippen MR) is 132 cm³/mol. The van der Waals surface area contributed by atoms with Crippen LogP contribution >= 0.6 is 11.8 Å². The van der Waals surface area contributed by atoms with Gasteiger partial charge >= 0.3 is 0 Å². The van der Waals surface area contributed by atoms with E-state index in [-0.39, 0.29) is 36.9 Å². The Morgan fingerprint density at radius 2 is 1.94 bits per heavy atom. The molecule has 9 heteroatoms. The zero-order chi connectivity index (χ0) is 24.3. The zero-order valence-electron chi connectivity index (χ0n) is 19.7. The van der Waals surface area contributed by atoms with Crippen molar-refractivity contribution in [2.45, 2.75) is 38.6 Å². The van der Waals surface area contributed by atoms with Crippen molar-refractivity contribution in [1.29, 1.82) is 0 Å². The van der Waals surface area contributed by atoms with Crippen molar-refractivity contribution in [3.05, 3.63) is 66.0 Å². The molecule has 1 aliphatic rings. The maximum Gasteiger partial charge on any atom is 0.245 e. The van der Waals surface area contributed by atoms with E-state index in [1.165, 1.54) is 11.8 Å². The highest BCUT2D eigenvalue weighted by Gasteiger charge is 2.34. The van der Waals surface area contributed by atoms with Crippen LogP contribution in [0.15, 0.2) is 54.9 Å². The summed E-state index contributed by atoms with van der Waals surface area (Å²) in [5.41, 5.74) is 1.93. The average Bonchev–Trinajstić information content (AvgIpc) is 2.99. The van der Waals surface area contributed by atoms with Crippen LogP contribution in [0.1, 0.15) is 24.5 Å². The van der Waals surface area contributed by atoms with Gasteiger partial charge in [-0.15, -0.1) is 0 Å². The van der Waals surface area contributed by atoms with Gasteiger partial charge < -0.3 is 19.9 Å². The molecule has 1 aromatic carbocycles. The molecular weight excluding hydrogens is 452 g/mol. The van der Waals surface area contributed by atoms with Gasteiger partial charge in [-0.2, -0.15) is 11.8 Å². The molecule has 0 saturated carbocycles. The third-order valence-corrected chi connectivity index (χ3v) is 6.19. The monoisotopic (exact) mass is 484 g/mol. The van der Waals surface area contributed by atoms with Crippen molar-refractivity contribution < 1.29 is 19.1 Å². The van der Waals surface area contributed by atoms with Crippen molar-refractivity contribution in [2.75, 3.05) is 31.6 Å². The summed E-state index contributed by atoms with van der Waals surface area (Å²) in [6.45, 7) is 2.76. The number of rotatable bonds is 10. The molecule has 2 atom stereocenters. The average molecular weight is 485 g/mol. The van der Waals surface area contributed by atoms with E-state index in [9.17, 15) is 14.4 Å². The molecule has 1 aromatic heterocycles. The molecule has 0 bridgehead atoms. The van der Waals surface area contributed by atoms with Crippen LogP contribution in [-0.2, 0) is 32.3 Å². The van der Waals surface area contributed by atoms with Crippen LogP contribution in [0.25, 0.3) is 0 Å². The summed E-state index contributed by atoms with van der Waals surface area (Å²) >= 11 is 1.61. The summed E-state index contributed by atoms with van der Waals surface area (Å²) in [5, 5.41) is 2.75. The number of aromatic nitrogens is 1. The lowest BCUT2D eigenvalue weighted by molar-refractivity contribution is -0.141. The molecule has 0 radical (unpaired) electrons. The Hall–Kier alpha value is -2.91. The summed E-state index contributed by atoms with van der Waals surface area (Å²) in [5.74, 6) is 0.0560. The number of nitrogens with one attached hydrogen (secondary N) is 1. The number of amides is 3.